The Kier molecular flexibility index (Phi) is 5.42. The molecule has 2 amide bonds. The van der Waals surface area contributed by atoms with Gasteiger partial charge in [-0.1, -0.05) is 19.3 Å². The maximum atomic E-state index is 11.9. The van der Waals surface area contributed by atoms with Crippen LogP contribution in [0.3, 0.4) is 0 Å². The van der Waals surface area contributed by atoms with Crippen molar-refractivity contribution in [2.75, 3.05) is 7.11 Å². The maximum absolute atomic E-state index is 11.9. The lowest BCUT2D eigenvalue weighted by Crippen LogP contribution is -2.42. The van der Waals surface area contributed by atoms with Crippen molar-refractivity contribution in [3.63, 3.8) is 0 Å². The summed E-state index contributed by atoms with van der Waals surface area (Å²) in [6, 6.07) is 0.211. The zero-order chi connectivity index (χ0) is 15.2. The van der Waals surface area contributed by atoms with Crippen LogP contribution in [0.5, 0.6) is 5.75 Å². The third-order valence-corrected chi connectivity index (χ3v) is 4.11. The molecule has 1 aromatic rings. The number of amides is 2. The number of nitrogens with one attached hydrogen (secondary N) is 2. The van der Waals surface area contributed by atoms with Crippen molar-refractivity contribution < 1.29 is 9.53 Å². The Morgan fingerprint density at radius 2 is 2.05 bits per heavy atom. The predicted octanol–water partition coefficient (Wildman–Crippen LogP) is 2.84. The van der Waals surface area contributed by atoms with Gasteiger partial charge in [-0.05, 0) is 26.7 Å². The van der Waals surface area contributed by atoms with Gasteiger partial charge in [0.1, 0.15) is 5.75 Å². The zero-order valence-corrected chi connectivity index (χ0v) is 13.2. The van der Waals surface area contributed by atoms with E-state index in [1.54, 1.807) is 13.3 Å². The first kappa shape index (κ1) is 15.6. The third kappa shape index (κ3) is 4.09. The van der Waals surface area contributed by atoms with Crippen molar-refractivity contribution in [2.24, 2.45) is 0 Å². The highest BCUT2D eigenvalue weighted by molar-refractivity contribution is 5.74. The normalized spacial score (nSPS) is 15.6. The van der Waals surface area contributed by atoms with Gasteiger partial charge in [-0.3, -0.25) is 4.98 Å². The maximum Gasteiger partial charge on any atom is 0.315 e. The first-order valence-corrected chi connectivity index (χ1v) is 7.65. The Labute approximate surface area is 126 Å². The number of urea groups is 1. The van der Waals surface area contributed by atoms with Gasteiger partial charge in [0.05, 0.1) is 19.3 Å². The SMILES string of the molecule is COc1c(C)cnc(CNC(=O)NC2CCCCC2)c1C. The molecule has 0 aromatic carbocycles. The van der Waals surface area contributed by atoms with Gasteiger partial charge >= 0.3 is 6.03 Å². The van der Waals surface area contributed by atoms with Crippen molar-refractivity contribution in [3.8, 4) is 5.75 Å². The van der Waals surface area contributed by atoms with Gasteiger partial charge in [0.15, 0.2) is 0 Å². The number of nitrogens with zero attached hydrogens (tertiary/aromatic N) is 1. The van der Waals surface area contributed by atoms with Crippen LogP contribution in [0, 0.1) is 13.8 Å². The summed E-state index contributed by atoms with van der Waals surface area (Å²) >= 11 is 0. The number of aryl methyl sites for hydroxylation is 1. The first-order chi connectivity index (χ1) is 10.1. The van der Waals surface area contributed by atoms with Gasteiger partial charge in [0, 0.05) is 23.4 Å². The van der Waals surface area contributed by atoms with E-state index in [1.165, 1.54) is 19.3 Å². The number of ether oxygens (including phenoxy) is 1. The molecule has 1 fully saturated rings. The number of hydrogen-bond acceptors (Lipinski definition) is 3. The lowest BCUT2D eigenvalue weighted by atomic mass is 9.96. The number of rotatable bonds is 4. The molecule has 0 unspecified atom stereocenters. The minimum absolute atomic E-state index is 0.109. The second kappa shape index (κ2) is 7.29. The summed E-state index contributed by atoms with van der Waals surface area (Å²) in [6.45, 7) is 4.35. The minimum atomic E-state index is -0.109. The number of methoxy groups -OCH3 is 1. The topological polar surface area (TPSA) is 63.2 Å². The van der Waals surface area contributed by atoms with Crippen LogP contribution in [-0.4, -0.2) is 24.2 Å². The second-order valence-electron chi connectivity index (χ2n) is 5.71. The summed E-state index contributed by atoms with van der Waals surface area (Å²) in [5.74, 6) is 0.842. The number of aromatic nitrogens is 1. The molecule has 116 valence electrons. The summed E-state index contributed by atoms with van der Waals surface area (Å²) in [5, 5.41) is 5.93. The molecule has 2 N–H and O–H groups in total. The molecule has 1 aromatic heterocycles. The second-order valence-corrected chi connectivity index (χ2v) is 5.71. The van der Waals surface area contributed by atoms with Crippen LogP contribution in [0.25, 0.3) is 0 Å². The van der Waals surface area contributed by atoms with Gasteiger partial charge in [-0.25, -0.2) is 4.79 Å². The molecule has 1 aliphatic carbocycles. The molecule has 5 nitrogen and oxygen atoms in total. The van der Waals surface area contributed by atoms with Crippen LogP contribution in [0.4, 0.5) is 4.79 Å². The van der Waals surface area contributed by atoms with E-state index in [-0.39, 0.29) is 6.03 Å². The molecule has 0 aliphatic heterocycles. The Balaban J connectivity index is 1.89. The Bertz CT molecular complexity index is 497. The Hall–Kier alpha value is -1.78. The smallest absolute Gasteiger partial charge is 0.315 e. The van der Waals surface area contributed by atoms with Crippen LogP contribution < -0.4 is 15.4 Å². The Morgan fingerprint density at radius 3 is 2.71 bits per heavy atom. The lowest BCUT2D eigenvalue weighted by Gasteiger charge is -2.23. The minimum Gasteiger partial charge on any atom is -0.496 e. The fourth-order valence-electron chi connectivity index (χ4n) is 2.90. The summed E-state index contributed by atoms with van der Waals surface area (Å²) in [7, 11) is 1.66. The molecule has 0 spiro atoms. The third-order valence-electron chi connectivity index (χ3n) is 4.11. The largest absolute Gasteiger partial charge is 0.496 e. The predicted molar refractivity (Wildman–Crippen MR) is 82.5 cm³/mol. The molecule has 5 heteroatoms. The van der Waals surface area contributed by atoms with E-state index in [0.29, 0.717) is 12.6 Å². The Morgan fingerprint density at radius 1 is 1.33 bits per heavy atom. The van der Waals surface area contributed by atoms with Crippen molar-refractivity contribution in [2.45, 2.75) is 58.5 Å². The van der Waals surface area contributed by atoms with E-state index >= 15 is 0 Å². The first-order valence-electron chi connectivity index (χ1n) is 7.65. The average Bonchev–Trinajstić information content (AvgIpc) is 2.48. The van der Waals surface area contributed by atoms with Crippen molar-refractivity contribution >= 4 is 6.03 Å². The summed E-state index contributed by atoms with van der Waals surface area (Å²) in [6.07, 6.45) is 7.65. The van der Waals surface area contributed by atoms with E-state index in [9.17, 15) is 4.79 Å². The van der Waals surface area contributed by atoms with Gasteiger partial charge in [0.25, 0.3) is 0 Å². The summed E-state index contributed by atoms with van der Waals surface area (Å²) < 4.78 is 5.38. The van der Waals surface area contributed by atoms with Gasteiger partial charge < -0.3 is 15.4 Å². The van der Waals surface area contributed by atoms with Crippen LogP contribution in [-0.2, 0) is 6.54 Å². The van der Waals surface area contributed by atoms with E-state index in [0.717, 1.165) is 35.4 Å². The van der Waals surface area contributed by atoms with Crippen LogP contribution in [0.15, 0.2) is 6.20 Å². The molecule has 0 saturated heterocycles. The lowest BCUT2D eigenvalue weighted by molar-refractivity contribution is 0.232. The van der Waals surface area contributed by atoms with Crippen molar-refractivity contribution in [1.29, 1.82) is 0 Å². The molecule has 1 heterocycles. The average molecular weight is 291 g/mol. The van der Waals surface area contributed by atoms with Gasteiger partial charge in [0.2, 0.25) is 0 Å². The molecular formula is C16H25N3O2. The van der Waals surface area contributed by atoms with Gasteiger partial charge in [-0.2, -0.15) is 0 Å². The number of carbonyl (C=O) groups is 1. The highest BCUT2D eigenvalue weighted by Gasteiger charge is 2.16. The van der Waals surface area contributed by atoms with Gasteiger partial charge in [-0.15, -0.1) is 0 Å². The highest BCUT2D eigenvalue weighted by Crippen LogP contribution is 2.23. The fraction of sp³-hybridized carbons (Fsp3) is 0.625. The number of pyridine rings is 1. The molecule has 1 saturated carbocycles. The van der Waals surface area contributed by atoms with Crippen LogP contribution in [0.2, 0.25) is 0 Å². The highest BCUT2D eigenvalue weighted by atomic mass is 16.5. The number of carbonyl (C=O) groups excluding carboxylic acids is 1. The standard InChI is InChI=1S/C16H25N3O2/c1-11-9-17-14(12(2)15(11)21-3)10-18-16(20)19-13-7-5-4-6-8-13/h9,13H,4-8,10H2,1-3H3,(H2,18,19,20). The van der Waals surface area contributed by atoms with E-state index in [4.69, 9.17) is 4.74 Å². The molecule has 0 atom stereocenters. The van der Waals surface area contributed by atoms with Crippen LogP contribution in [0.1, 0.15) is 48.9 Å². The molecule has 0 bridgehead atoms. The molecule has 1 aliphatic rings. The molecule has 2 rings (SSSR count). The molecule has 21 heavy (non-hydrogen) atoms. The van der Waals surface area contributed by atoms with Crippen molar-refractivity contribution in [3.05, 3.63) is 23.0 Å². The van der Waals surface area contributed by atoms with Crippen molar-refractivity contribution in [1.82, 2.24) is 15.6 Å². The zero-order valence-electron chi connectivity index (χ0n) is 13.2. The summed E-state index contributed by atoms with van der Waals surface area (Å²) in [4.78, 5) is 16.3. The van der Waals surface area contributed by atoms with E-state index < -0.39 is 0 Å². The van der Waals surface area contributed by atoms with E-state index in [2.05, 4.69) is 15.6 Å². The van der Waals surface area contributed by atoms with Crippen LogP contribution >= 0.6 is 0 Å². The molecule has 0 radical (unpaired) electrons. The number of hydrogen-bond donors (Lipinski definition) is 2. The van der Waals surface area contributed by atoms with E-state index in [1.807, 2.05) is 13.8 Å². The monoisotopic (exact) mass is 291 g/mol. The quantitative estimate of drug-likeness (QED) is 0.896. The molecular weight excluding hydrogens is 266 g/mol. The fourth-order valence-corrected chi connectivity index (χ4v) is 2.90. The summed E-state index contributed by atoms with van der Waals surface area (Å²) in [5.41, 5.74) is 2.83.